The number of amides is 2. The van der Waals surface area contributed by atoms with E-state index in [4.69, 9.17) is 4.74 Å². The Bertz CT molecular complexity index is 569. The third-order valence-electron chi connectivity index (χ3n) is 5.17. The first-order valence-electron chi connectivity index (χ1n) is 9.24. The van der Waals surface area contributed by atoms with E-state index in [1.54, 1.807) is 0 Å². The topological polar surface area (TPSA) is 76.1 Å². The molecule has 0 spiro atoms. The Balaban J connectivity index is 1.16. The van der Waals surface area contributed by atoms with Crippen LogP contribution in [0.2, 0.25) is 0 Å². The van der Waals surface area contributed by atoms with Crippen LogP contribution in [0.15, 0.2) is 12.4 Å². The molecule has 1 aromatic heterocycles. The number of ether oxygens (including phenoxy) is 1. The van der Waals surface area contributed by atoms with Gasteiger partial charge in [0.15, 0.2) is 0 Å². The average Bonchev–Trinajstić information content (AvgIpc) is 3.49. The third-order valence-corrected chi connectivity index (χ3v) is 5.17. The van der Waals surface area contributed by atoms with Crippen LogP contribution in [0, 0.1) is 5.92 Å². The van der Waals surface area contributed by atoms with Gasteiger partial charge >= 0.3 is 6.03 Å². The first-order valence-corrected chi connectivity index (χ1v) is 9.24. The number of aromatic nitrogens is 2. The fraction of sp³-hybridized carbons (Fsp3) is 0.722. The lowest BCUT2D eigenvalue weighted by atomic mass is 10.0. The highest BCUT2D eigenvalue weighted by atomic mass is 16.5. The number of hydrogen-bond donors (Lipinski definition) is 2. The van der Waals surface area contributed by atoms with Crippen LogP contribution in [0.4, 0.5) is 4.79 Å². The van der Waals surface area contributed by atoms with Crippen molar-refractivity contribution in [2.24, 2.45) is 5.92 Å². The molecule has 3 aliphatic rings. The smallest absolute Gasteiger partial charge is 0.315 e. The van der Waals surface area contributed by atoms with Gasteiger partial charge < -0.3 is 15.4 Å². The Labute approximate surface area is 142 Å². The summed E-state index contributed by atoms with van der Waals surface area (Å²) in [6, 6.07) is 0.164. The lowest BCUT2D eigenvalue weighted by molar-refractivity contribution is -0.00913. The first-order chi connectivity index (χ1) is 11.8. The van der Waals surface area contributed by atoms with Crippen molar-refractivity contribution in [3.05, 3.63) is 23.8 Å². The standard InChI is InChI=1S/C18H26N4O2/c23-18(22-15-6-8-24-16(9-15)13-1-2-13)19-7-5-12-10-20-17(21-11-12)14-3-4-14/h10-11,13-16H,1-9H2,(H2,19,22,23). The normalized spacial score (nSPS) is 26.8. The third kappa shape index (κ3) is 4.23. The molecule has 130 valence electrons. The molecule has 3 fully saturated rings. The monoisotopic (exact) mass is 330 g/mol. The fourth-order valence-corrected chi connectivity index (χ4v) is 3.36. The molecule has 4 rings (SSSR count). The molecule has 1 aliphatic heterocycles. The molecule has 1 aromatic rings. The molecular formula is C18H26N4O2. The number of nitrogens with one attached hydrogen (secondary N) is 2. The minimum atomic E-state index is -0.0769. The van der Waals surface area contributed by atoms with Gasteiger partial charge in [-0.25, -0.2) is 14.8 Å². The van der Waals surface area contributed by atoms with Crippen LogP contribution >= 0.6 is 0 Å². The summed E-state index contributed by atoms with van der Waals surface area (Å²) in [7, 11) is 0. The minimum Gasteiger partial charge on any atom is -0.378 e. The van der Waals surface area contributed by atoms with E-state index in [-0.39, 0.29) is 12.1 Å². The summed E-state index contributed by atoms with van der Waals surface area (Å²) in [6.07, 6.45) is 11.8. The molecule has 2 N–H and O–H groups in total. The van der Waals surface area contributed by atoms with Gasteiger partial charge in [0, 0.05) is 37.5 Å². The zero-order chi connectivity index (χ0) is 16.4. The van der Waals surface area contributed by atoms with Gasteiger partial charge in [0.2, 0.25) is 0 Å². The molecule has 24 heavy (non-hydrogen) atoms. The molecule has 6 heteroatoms. The summed E-state index contributed by atoms with van der Waals surface area (Å²) in [6.45, 7) is 1.37. The van der Waals surface area contributed by atoms with E-state index in [2.05, 4.69) is 20.6 Å². The highest BCUT2D eigenvalue weighted by Gasteiger charge is 2.36. The lowest BCUT2D eigenvalue weighted by Crippen LogP contribution is -2.47. The lowest BCUT2D eigenvalue weighted by Gasteiger charge is -2.30. The van der Waals surface area contributed by atoms with Crippen molar-refractivity contribution >= 4 is 6.03 Å². The van der Waals surface area contributed by atoms with Gasteiger partial charge in [-0.3, -0.25) is 0 Å². The Morgan fingerprint density at radius 3 is 2.67 bits per heavy atom. The molecule has 2 saturated carbocycles. The first kappa shape index (κ1) is 15.8. The predicted octanol–water partition coefficient (Wildman–Crippen LogP) is 2.15. The van der Waals surface area contributed by atoms with E-state index in [1.807, 2.05) is 12.4 Å². The van der Waals surface area contributed by atoms with Crippen molar-refractivity contribution < 1.29 is 9.53 Å². The van der Waals surface area contributed by atoms with Crippen molar-refractivity contribution in [1.29, 1.82) is 0 Å². The molecule has 1 saturated heterocycles. The van der Waals surface area contributed by atoms with Crippen LogP contribution < -0.4 is 10.6 Å². The van der Waals surface area contributed by atoms with E-state index < -0.39 is 0 Å². The molecule has 2 heterocycles. The van der Waals surface area contributed by atoms with E-state index in [0.717, 1.165) is 43.2 Å². The average molecular weight is 330 g/mol. The van der Waals surface area contributed by atoms with Gasteiger partial charge in [-0.15, -0.1) is 0 Å². The molecule has 0 bridgehead atoms. The van der Waals surface area contributed by atoms with Crippen molar-refractivity contribution in [2.45, 2.75) is 63.0 Å². The summed E-state index contributed by atoms with van der Waals surface area (Å²) < 4.78 is 5.80. The summed E-state index contributed by atoms with van der Waals surface area (Å²) in [5.74, 6) is 2.28. The van der Waals surface area contributed by atoms with Gasteiger partial charge in [-0.05, 0) is 56.4 Å². The number of rotatable bonds is 6. The summed E-state index contributed by atoms with van der Waals surface area (Å²) in [4.78, 5) is 20.9. The van der Waals surface area contributed by atoms with Crippen molar-refractivity contribution in [3.63, 3.8) is 0 Å². The minimum absolute atomic E-state index is 0.0769. The summed E-state index contributed by atoms with van der Waals surface area (Å²) in [5.41, 5.74) is 1.07. The van der Waals surface area contributed by atoms with E-state index in [0.29, 0.717) is 18.6 Å². The quantitative estimate of drug-likeness (QED) is 0.838. The maximum absolute atomic E-state index is 12.1. The Kier molecular flexibility index (Phi) is 4.65. The molecule has 2 unspecified atom stereocenters. The molecule has 2 atom stereocenters. The second kappa shape index (κ2) is 7.05. The maximum atomic E-state index is 12.1. The van der Waals surface area contributed by atoms with Crippen LogP contribution in [0.3, 0.4) is 0 Å². The number of carbonyl (C=O) groups is 1. The summed E-state index contributed by atoms with van der Waals surface area (Å²) in [5, 5.41) is 6.03. The van der Waals surface area contributed by atoms with E-state index in [1.165, 1.54) is 25.7 Å². The largest absolute Gasteiger partial charge is 0.378 e. The van der Waals surface area contributed by atoms with E-state index >= 15 is 0 Å². The van der Waals surface area contributed by atoms with Crippen LogP contribution in [-0.2, 0) is 11.2 Å². The Hall–Kier alpha value is -1.69. The van der Waals surface area contributed by atoms with E-state index in [9.17, 15) is 4.79 Å². The van der Waals surface area contributed by atoms with Gasteiger partial charge in [0.05, 0.1) is 6.10 Å². The van der Waals surface area contributed by atoms with Gasteiger partial charge in [-0.2, -0.15) is 0 Å². The zero-order valence-electron chi connectivity index (χ0n) is 14.0. The molecule has 6 nitrogen and oxygen atoms in total. The number of urea groups is 1. The predicted molar refractivity (Wildman–Crippen MR) is 89.7 cm³/mol. The van der Waals surface area contributed by atoms with Gasteiger partial charge in [0.1, 0.15) is 5.82 Å². The van der Waals surface area contributed by atoms with Gasteiger partial charge in [0.25, 0.3) is 0 Å². The van der Waals surface area contributed by atoms with Gasteiger partial charge in [-0.1, -0.05) is 0 Å². The van der Waals surface area contributed by atoms with Crippen LogP contribution in [-0.4, -0.2) is 41.3 Å². The Morgan fingerprint density at radius 2 is 1.96 bits per heavy atom. The van der Waals surface area contributed by atoms with Crippen LogP contribution in [0.5, 0.6) is 0 Å². The van der Waals surface area contributed by atoms with Crippen molar-refractivity contribution in [2.75, 3.05) is 13.2 Å². The molecule has 0 radical (unpaired) electrons. The summed E-state index contributed by atoms with van der Waals surface area (Å²) >= 11 is 0. The second-order valence-corrected chi connectivity index (χ2v) is 7.34. The highest BCUT2D eigenvalue weighted by Crippen LogP contribution is 2.38. The fourth-order valence-electron chi connectivity index (χ4n) is 3.36. The number of carbonyl (C=O) groups excluding carboxylic acids is 1. The zero-order valence-corrected chi connectivity index (χ0v) is 14.0. The van der Waals surface area contributed by atoms with Crippen LogP contribution in [0.25, 0.3) is 0 Å². The molecule has 0 aromatic carbocycles. The molecule has 2 amide bonds. The van der Waals surface area contributed by atoms with Crippen molar-refractivity contribution in [1.82, 2.24) is 20.6 Å². The maximum Gasteiger partial charge on any atom is 0.315 e. The second-order valence-electron chi connectivity index (χ2n) is 7.34. The van der Waals surface area contributed by atoms with Crippen molar-refractivity contribution in [3.8, 4) is 0 Å². The number of hydrogen-bond acceptors (Lipinski definition) is 4. The van der Waals surface area contributed by atoms with Crippen LogP contribution in [0.1, 0.15) is 55.8 Å². The SMILES string of the molecule is O=C(NCCc1cnc(C2CC2)nc1)NC1CCOC(C2CC2)C1. The molecular weight excluding hydrogens is 304 g/mol. The number of nitrogens with zero attached hydrogens (tertiary/aromatic N) is 2. The molecule has 2 aliphatic carbocycles. The Morgan fingerprint density at radius 1 is 1.17 bits per heavy atom. The highest BCUT2D eigenvalue weighted by molar-refractivity contribution is 5.74.